The van der Waals surface area contributed by atoms with Gasteiger partial charge in [0, 0.05) is 6.07 Å². The molecule has 6 heteroatoms. The first-order valence-electron chi connectivity index (χ1n) is 11.2. The second kappa shape index (κ2) is 9.43. The van der Waals surface area contributed by atoms with Gasteiger partial charge in [-0.15, -0.1) is 0 Å². The minimum Gasteiger partial charge on any atom is -0.497 e. The average molecular weight is 457 g/mol. The molecule has 1 heterocycles. The van der Waals surface area contributed by atoms with Crippen LogP contribution >= 0.6 is 0 Å². The maximum absolute atomic E-state index is 13.7. The Morgan fingerprint density at radius 3 is 2.21 bits per heavy atom. The van der Waals surface area contributed by atoms with Crippen molar-refractivity contribution in [2.75, 3.05) is 24.4 Å². The number of methoxy groups -OCH3 is 2. The van der Waals surface area contributed by atoms with E-state index in [1.807, 2.05) is 56.3 Å². The second-order valence-corrected chi connectivity index (χ2v) is 8.23. The maximum atomic E-state index is 13.7. The number of hydrogen-bond acceptors (Lipinski definition) is 5. The van der Waals surface area contributed by atoms with E-state index in [4.69, 9.17) is 9.47 Å². The molecule has 1 aliphatic rings. The first kappa shape index (κ1) is 23.1. The topological polar surface area (TPSA) is 67.9 Å². The van der Waals surface area contributed by atoms with Gasteiger partial charge >= 0.3 is 0 Å². The van der Waals surface area contributed by atoms with Gasteiger partial charge in [-0.1, -0.05) is 42.8 Å². The van der Waals surface area contributed by atoms with Gasteiger partial charge in [-0.3, -0.25) is 9.59 Å². The lowest BCUT2D eigenvalue weighted by Crippen LogP contribution is -2.32. The average Bonchev–Trinajstić information content (AvgIpc) is 3.08. The van der Waals surface area contributed by atoms with E-state index in [0.29, 0.717) is 34.0 Å². The molecule has 0 unspecified atom stereocenters. The summed E-state index contributed by atoms with van der Waals surface area (Å²) in [6.45, 7) is 5.99. The summed E-state index contributed by atoms with van der Waals surface area (Å²) < 4.78 is 10.8. The number of imide groups is 1. The van der Waals surface area contributed by atoms with E-state index < -0.39 is 5.91 Å². The lowest BCUT2D eigenvalue weighted by molar-refractivity contribution is -0.120. The van der Waals surface area contributed by atoms with E-state index >= 15 is 0 Å². The van der Waals surface area contributed by atoms with Gasteiger partial charge in [0.2, 0.25) is 0 Å². The van der Waals surface area contributed by atoms with Crippen LogP contribution < -0.4 is 19.7 Å². The number of ether oxygens (including phenoxy) is 2. The molecule has 1 aliphatic heterocycles. The molecule has 3 aromatic rings. The number of carbonyl (C=O) groups excluding carboxylic acids is 2. The molecule has 3 aromatic carbocycles. The van der Waals surface area contributed by atoms with Gasteiger partial charge in [0.1, 0.15) is 17.2 Å². The van der Waals surface area contributed by atoms with E-state index in [1.165, 1.54) is 4.90 Å². The Hall–Kier alpha value is -4.06. The highest BCUT2D eigenvalue weighted by Gasteiger charge is 2.41. The zero-order valence-electron chi connectivity index (χ0n) is 20.1. The van der Waals surface area contributed by atoms with Crippen LogP contribution in [0.3, 0.4) is 0 Å². The van der Waals surface area contributed by atoms with Gasteiger partial charge in [0.05, 0.1) is 31.2 Å². The summed E-state index contributed by atoms with van der Waals surface area (Å²) in [5, 5.41) is 3.19. The molecule has 0 aromatic heterocycles. The standard InChI is InChI=1S/C28H28N2O4/c1-6-19-8-10-20(11-9-19)30-27(31)25(22-13-7-17(2)15-18(22)3)26(28(30)32)29-23-16-21(33-4)12-14-24(23)34-5/h7-16,29H,6H2,1-5H3. The first-order chi connectivity index (χ1) is 16.4. The van der Waals surface area contributed by atoms with Gasteiger partial charge in [-0.25, -0.2) is 4.90 Å². The fourth-order valence-electron chi connectivity index (χ4n) is 4.15. The van der Waals surface area contributed by atoms with Crippen LogP contribution in [0, 0.1) is 13.8 Å². The van der Waals surface area contributed by atoms with Crippen LogP contribution in [-0.2, 0) is 16.0 Å². The molecule has 174 valence electrons. The van der Waals surface area contributed by atoms with Crippen molar-refractivity contribution in [3.63, 3.8) is 0 Å². The van der Waals surface area contributed by atoms with Crippen LogP contribution in [0.4, 0.5) is 11.4 Å². The Balaban J connectivity index is 1.86. The van der Waals surface area contributed by atoms with Crippen LogP contribution in [0.1, 0.15) is 29.2 Å². The Labute approximate surface area is 199 Å². The predicted octanol–water partition coefficient (Wildman–Crippen LogP) is 5.28. The van der Waals surface area contributed by atoms with Crippen molar-refractivity contribution in [2.45, 2.75) is 27.2 Å². The van der Waals surface area contributed by atoms with E-state index in [9.17, 15) is 9.59 Å². The molecule has 0 bridgehead atoms. The van der Waals surface area contributed by atoms with Crippen molar-refractivity contribution in [1.82, 2.24) is 0 Å². The summed E-state index contributed by atoms with van der Waals surface area (Å²) in [6.07, 6.45) is 0.872. The molecule has 34 heavy (non-hydrogen) atoms. The van der Waals surface area contributed by atoms with E-state index in [-0.39, 0.29) is 11.6 Å². The molecule has 0 fully saturated rings. The van der Waals surface area contributed by atoms with Crippen LogP contribution in [0.2, 0.25) is 0 Å². The summed E-state index contributed by atoms with van der Waals surface area (Å²) in [6, 6.07) is 18.6. The third kappa shape index (κ3) is 4.15. The molecule has 0 atom stereocenters. The molecule has 1 N–H and O–H groups in total. The van der Waals surface area contributed by atoms with Gasteiger partial charge < -0.3 is 14.8 Å². The molecule has 2 amide bonds. The van der Waals surface area contributed by atoms with Crippen molar-refractivity contribution in [3.05, 3.63) is 88.6 Å². The number of amides is 2. The second-order valence-electron chi connectivity index (χ2n) is 8.23. The van der Waals surface area contributed by atoms with E-state index in [2.05, 4.69) is 12.2 Å². The number of anilines is 2. The molecule has 0 spiro atoms. The number of hydrogen-bond donors (Lipinski definition) is 1. The summed E-state index contributed by atoms with van der Waals surface area (Å²) in [7, 11) is 3.12. The van der Waals surface area contributed by atoms with Gasteiger partial charge in [-0.05, 0) is 61.2 Å². The van der Waals surface area contributed by atoms with E-state index in [0.717, 1.165) is 23.1 Å². The van der Waals surface area contributed by atoms with Crippen molar-refractivity contribution in [3.8, 4) is 11.5 Å². The molecule has 0 saturated heterocycles. The number of nitrogens with one attached hydrogen (secondary N) is 1. The number of benzene rings is 3. The van der Waals surface area contributed by atoms with Crippen LogP contribution in [0.5, 0.6) is 11.5 Å². The largest absolute Gasteiger partial charge is 0.497 e. The summed E-state index contributed by atoms with van der Waals surface area (Å²) in [5.41, 5.74) is 5.42. The highest BCUT2D eigenvalue weighted by atomic mass is 16.5. The monoisotopic (exact) mass is 456 g/mol. The van der Waals surface area contributed by atoms with Crippen LogP contribution in [-0.4, -0.2) is 26.0 Å². The van der Waals surface area contributed by atoms with E-state index in [1.54, 1.807) is 32.4 Å². The van der Waals surface area contributed by atoms with Crippen LogP contribution in [0.25, 0.3) is 5.57 Å². The normalized spacial score (nSPS) is 13.5. The molecule has 4 rings (SSSR count). The minimum absolute atomic E-state index is 0.197. The summed E-state index contributed by atoms with van der Waals surface area (Å²) >= 11 is 0. The summed E-state index contributed by atoms with van der Waals surface area (Å²) in [4.78, 5) is 28.7. The Morgan fingerprint density at radius 2 is 1.59 bits per heavy atom. The minimum atomic E-state index is -0.422. The molecular weight excluding hydrogens is 428 g/mol. The Bertz CT molecular complexity index is 1290. The van der Waals surface area contributed by atoms with Crippen molar-refractivity contribution < 1.29 is 19.1 Å². The van der Waals surface area contributed by atoms with Gasteiger partial charge in [-0.2, -0.15) is 0 Å². The molecule has 6 nitrogen and oxygen atoms in total. The Morgan fingerprint density at radius 1 is 0.853 bits per heavy atom. The SMILES string of the molecule is CCc1ccc(N2C(=O)C(Nc3cc(OC)ccc3OC)=C(c3ccc(C)cc3C)C2=O)cc1. The first-order valence-corrected chi connectivity index (χ1v) is 11.2. The molecule has 0 radical (unpaired) electrons. The highest BCUT2D eigenvalue weighted by molar-refractivity contribution is 6.46. The molecule has 0 aliphatic carbocycles. The van der Waals surface area contributed by atoms with Crippen molar-refractivity contribution in [2.24, 2.45) is 0 Å². The molecule has 0 saturated carbocycles. The smallest absolute Gasteiger partial charge is 0.282 e. The summed E-state index contributed by atoms with van der Waals surface area (Å²) in [5.74, 6) is 0.333. The number of rotatable bonds is 7. The predicted molar refractivity (Wildman–Crippen MR) is 134 cm³/mol. The zero-order valence-corrected chi connectivity index (χ0v) is 20.1. The lowest BCUT2D eigenvalue weighted by Gasteiger charge is -2.16. The fourth-order valence-corrected chi connectivity index (χ4v) is 4.15. The van der Waals surface area contributed by atoms with Crippen molar-refractivity contribution in [1.29, 1.82) is 0 Å². The van der Waals surface area contributed by atoms with Gasteiger partial charge in [0.25, 0.3) is 11.8 Å². The highest BCUT2D eigenvalue weighted by Crippen LogP contribution is 2.38. The molecular formula is C28H28N2O4. The fraction of sp³-hybridized carbons (Fsp3) is 0.214. The van der Waals surface area contributed by atoms with Crippen molar-refractivity contribution >= 4 is 28.8 Å². The Kier molecular flexibility index (Phi) is 6.41. The maximum Gasteiger partial charge on any atom is 0.282 e. The third-order valence-electron chi connectivity index (χ3n) is 6.00. The quantitative estimate of drug-likeness (QED) is 0.490. The van der Waals surface area contributed by atoms with Gasteiger partial charge in [0.15, 0.2) is 0 Å². The lowest BCUT2D eigenvalue weighted by atomic mass is 9.97. The number of aryl methyl sites for hydroxylation is 3. The number of carbonyl (C=O) groups is 2. The third-order valence-corrected chi connectivity index (χ3v) is 6.00. The number of nitrogens with zero attached hydrogens (tertiary/aromatic N) is 1. The zero-order chi connectivity index (χ0) is 24.4. The van der Waals surface area contributed by atoms with Crippen LogP contribution in [0.15, 0.2) is 66.4 Å².